The summed E-state index contributed by atoms with van der Waals surface area (Å²) in [6, 6.07) is 9.68. The molecule has 1 heterocycles. The molecule has 0 fully saturated rings. The molecule has 0 saturated heterocycles. The topological polar surface area (TPSA) is 59.1 Å². The summed E-state index contributed by atoms with van der Waals surface area (Å²) in [5.74, 6) is 2.23. The Morgan fingerprint density at radius 3 is 2.53 bits per heavy atom. The van der Waals surface area contributed by atoms with Crippen LogP contribution < -0.4 is 15.4 Å². The lowest BCUT2D eigenvalue weighted by Crippen LogP contribution is -2.02. The van der Waals surface area contributed by atoms with Crippen LogP contribution in [-0.2, 0) is 0 Å². The molecule has 5 nitrogen and oxygen atoms in total. The molecule has 0 atom stereocenters. The van der Waals surface area contributed by atoms with Crippen LogP contribution in [0.4, 0.5) is 17.5 Å². The number of nitrogens with zero attached hydrogens (tertiary/aromatic N) is 2. The number of nitrogens with one attached hydrogen (secondary N) is 2. The molecule has 1 aromatic carbocycles. The van der Waals surface area contributed by atoms with Crippen LogP contribution in [0.3, 0.4) is 0 Å². The monoisotopic (exact) mass is 258 g/mol. The Balaban J connectivity index is 2.14. The van der Waals surface area contributed by atoms with Crippen molar-refractivity contribution in [3.8, 4) is 5.75 Å². The van der Waals surface area contributed by atoms with Crippen molar-refractivity contribution < 1.29 is 4.74 Å². The van der Waals surface area contributed by atoms with Crippen molar-refractivity contribution in [3.63, 3.8) is 0 Å². The number of hydrogen-bond acceptors (Lipinski definition) is 5. The molecule has 2 aromatic rings. The van der Waals surface area contributed by atoms with Crippen molar-refractivity contribution in [2.24, 2.45) is 0 Å². The highest BCUT2D eigenvalue weighted by Gasteiger charge is 2.01. The molecule has 0 aliphatic heterocycles. The van der Waals surface area contributed by atoms with Crippen LogP contribution in [0.1, 0.15) is 12.6 Å². The maximum atomic E-state index is 5.40. The second-order valence-electron chi connectivity index (χ2n) is 4.05. The molecule has 0 aliphatic rings. The van der Waals surface area contributed by atoms with Crippen molar-refractivity contribution in [3.05, 3.63) is 36.0 Å². The van der Waals surface area contributed by atoms with E-state index in [4.69, 9.17) is 4.74 Å². The zero-order valence-corrected chi connectivity index (χ0v) is 11.4. The van der Waals surface area contributed by atoms with Gasteiger partial charge >= 0.3 is 0 Å². The normalized spacial score (nSPS) is 10.1. The van der Waals surface area contributed by atoms with Crippen molar-refractivity contribution in [1.29, 1.82) is 0 Å². The minimum atomic E-state index is 0.605. The highest BCUT2D eigenvalue weighted by atomic mass is 16.5. The van der Waals surface area contributed by atoms with E-state index in [0.29, 0.717) is 12.6 Å². The van der Waals surface area contributed by atoms with Crippen LogP contribution in [0, 0.1) is 6.92 Å². The average Bonchev–Trinajstić information content (AvgIpc) is 2.40. The highest BCUT2D eigenvalue weighted by Crippen LogP contribution is 2.20. The number of ether oxygens (including phenoxy) is 1. The Hall–Kier alpha value is -2.30. The molecule has 19 heavy (non-hydrogen) atoms. The van der Waals surface area contributed by atoms with E-state index < -0.39 is 0 Å². The van der Waals surface area contributed by atoms with Crippen LogP contribution >= 0.6 is 0 Å². The Morgan fingerprint density at radius 2 is 1.89 bits per heavy atom. The van der Waals surface area contributed by atoms with Gasteiger partial charge in [-0.15, -0.1) is 0 Å². The fourth-order valence-electron chi connectivity index (χ4n) is 1.69. The van der Waals surface area contributed by atoms with E-state index >= 15 is 0 Å². The van der Waals surface area contributed by atoms with Gasteiger partial charge in [-0.2, -0.15) is 4.98 Å². The van der Waals surface area contributed by atoms with E-state index in [2.05, 4.69) is 20.6 Å². The van der Waals surface area contributed by atoms with E-state index in [1.54, 1.807) is 7.05 Å². The predicted molar refractivity (Wildman–Crippen MR) is 77.2 cm³/mol. The first-order valence-corrected chi connectivity index (χ1v) is 6.24. The molecule has 5 heteroatoms. The third kappa shape index (κ3) is 3.58. The summed E-state index contributed by atoms with van der Waals surface area (Å²) >= 11 is 0. The van der Waals surface area contributed by atoms with Gasteiger partial charge in [-0.05, 0) is 38.1 Å². The zero-order valence-electron chi connectivity index (χ0n) is 11.4. The lowest BCUT2D eigenvalue weighted by molar-refractivity contribution is 0.340. The molecular formula is C14H18N4O. The quantitative estimate of drug-likeness (QED) is 0.863. The Morgan fingerprint density at radius 1 is 1.16 bits per heavy atom. The molecule has 0 spiro atoms. The van der Waals surface area contributed by atoms with Gasteiger partial charge in [0, 0.05) is 24.5 Å². The van der Waals surface area contributed by atoms with Crippen LogP contribution in [0.25, 0.3) is 0 Å². The van der Waals surface area contributed by atoms with Gasteiger partial charge < -0.3 is 15.4 Å². The molecule has 2 N–H and O–H groups in total. The fourth-order valence-corrected chi connectivity index (χ4v) is 1.69. The van der Waals surface area contributed by atoms with Gasteiger partial charge in [0.1, 0.15) is 11.6 Å². The van der Waals surface area contributed by atoms with Gasteiger partial charge in [0.2, 0.25) is 5.95 Å². The highest BCUT2D eigenvalue weighted by molar-refractivity contribution is 5.58. The second kappa shape index (κ2) is 6.04. The minimum absolute atomic E-state index is 0.605. The summed E-state index contributed by atoms with van der Waals surface area (Å²) in [7, 11) is 1.80. The zero-order chi connectivity index (χ0) is 13.7. The van der Waals surface area contributed by atoms with Crippen molar-refractivity contribution in [2.75, 3.05) is 24.3 Å². The first-order chi connectivity index (χ1) is 9.21. The van der Waals surface area contributed by atoms with E-state index in [-0.39, 0.29) is 0 Å². The van der Waals surface area contributed by atoms with Crippen LogP contribution in [0.5, 0.6) is 5.75 Å². The van der Waals surface area contributed by atoms with Crippen LogP contribution in [0.2, 0.25) is 0 Å². The van der Waals surface area contributed by atoms with Crippen LogP contribution in [0.15, 0.2) is 30.3 Å². The second-order valence-corrected chi connectivity index (χ2v) is 4.05. The molecule has 0 radical (unpaired) electrons. The predicted octanol–water partition coefficient (Wildman–Crippen LogP) is 2.97. The smallest absolute Gasteiger partial charge is 0.224 e. The van der Waals surface area contributed by atoms with Crippen molar-refractivity contribution in [1.82, 2.24) is 9.97 Å². The Kier molecular flexibility index (Phi) is 4.18. The summed E-state index contributed by atoms with van der Waals surface area (Å²) < 4.78 is 5.40. The molecule has 0 aliphatic carbocycles. The maximum absolute atomic E-state index is 5.40. The Bertz CT molecular complexity index is 540. The largest absolute Gasteiger partial charge is 0.494 e. The van der Waals surface area contributed by atoms with Gasteiger partial charge in [-0.25, -0.2) is 4.98 Å². The number of aryl methyl sites for hydroxylation is 1. The lowest BCUT2D eigenvalue weighted by Gasteiger charge is -2.09. The molecule has 1 aromatic heterocycles. The molecule has 100 valence electrons. The van der Waals surface area contributed by atoms with Gasteiger partial charge in [0.15, 0.2) is 0 Å². The molecule has 0 saturated carbocycles. The summed E-state index contributed by atoms with van der Waals surface area (Å²) in [4.78, 5) is 8.59. The molecule has 2 rings (SSSR count). The van der Waals surface area contributed by atoms with E-state index in [9.17, 15) is 0 Å². The van der Waals surface area contributed by atoms with Gasteiger partial charge in [0.25, 0.3) is 0 Å². The van der Waals surface area contributed by atoms with Gasteiger partial charge in [0.05, 0.1) is 6.61 Å². The van der Waals surface area contributed by atoms with Gasteiger partial charge in [-0.1, -0.05) is 0 Å². The number of benzene rings is 1. The fraction of sp³-hybridized carbons (Fsp3) is 0.286. The third-order valence-electron chi connectivity index (χ3n) is 2.52. The third-order valence-corrected chi connectivity index (χ3v) is 2.52. The maximum Gasteiger partial charge on any atom is 0.224 e. The van der Waals surface area contributed by atoms with Gasteiger partial charge in [-0.3, -0.25) is 0 Å². The molecule has 0 unspecified atom stereocenters. The summed E-state index contributed by atoms with van der Waals surface area (Å²) in [6.07, 6.45) is 0. The lowest BCUT2D eigenvalue weighted by atomic mass is 10.3. The summed E-state index contributed by atoms with van der Waals surface area (Å²) in [6.45, 7) is 4.57. The number of aromatic nitrogens is 2. The molecular weight excluding hydrogens is 240 g/mol. The number of anilines is 3. The summed E-state index contributed by atoms with van der Waals surface area (Å²) in [5, 5.41) is 6.18. The first kappa shape index (κ1) is 13.1. The molecule has 0 amide bonds. The first-order valence-electron chi connectivity index (χ1n) is 6.24. The Labute approximate surface area is 113 Å². The average molecular weight is 258 g/mol. The van der Waals surface area contributed by atoms with Crippen LogP contribution in [-0.4, -0.2) is 23.6 Å². The van der Waals surface area contributed by atoms with Crippen molar-refractivity contribution in [2.45, 2.75) is 13.8 Å². The van der Waals surface area contributed by atoms with E-state index in [1.807, 2.05) is 44.2 Å². The minimum Gasteiger partial charge on any atom is -0.494 e. The van der Waals surface area contributed by atoms with E-state index in [0.717, 1.165) is 22.9 Å². The van der Waals surface area contributed by atoms with Crippen molar-refractivity contribution >= 4 is 17.5 Å². The molecule has 0 bridgehead atoms. The van der Waals surface area contributed by atoms with E-state index in [1.165, 1.54) is 0 Å². The number of hydrogen-bond donors (Lipinski definition) is 2. The summed E-state index contributed by atoms with van der Waals surface area (Å²) in [5.41, 5.74) is 1.87. The SMILES string of the molecule is CCOc1ccc(Nc2cc(C)nc(NC)n2)cc1. The standard InChI is InChI=1S/C14H18N4O/c1-4-19-12-7-5-11(6-8-12)17-13-9-10(2)16-14(15-3)18-13/h5-9H,4H2,1-3H3,(H2,15,16,17,18). The number of rotatable bonds is 5.